The molecule has 7 N–H and O–H groups in total. The first-order valence-electron chi connectivity index (χ1n) is 9.37. The van der Waals surface area contributed by atoms with Crippen LogP contribution in [-0.2, 0) is 4.74 Å². The first-order chi connectivity index (χ1) is 15.2. The van der Waals surface area contributed by atoms with Gasteiger partial charge in [-0.05, 0) is 6.07 Å². The van der Waals surface area contributed by atoms with E-state index in [1.807, 2.05) is 0 Å². The predicted molar refractivity (Wildman–Crippen MR) is 106 cm³/mol. The van der Waals surface area contributed by atoms with E-state index in [0.29, 0.717) is 0 Å². The molecule has 2 aromatic carbocycles. The lowest BCUT2D eigenvalue weighted by Crippen LogP contribution is -2.60. The van der Waals surface area contributed by atoms with Crippen molar-refractivity contribution in [2.45, 2.75) is 30.7 Å². The molecule has 1 saturated heterocycles. The molecule has 5 atom stereocenters. The lowest BCUT2D eigenvalue weighted by atomic mass is 9.99. The van der Waals surface area contributed by atoms with Crippen molar-refractivity contribution in [2.24, 2.45) is 0 Å². The molecule has 0 unspecified atom stereocenters. The van der Waals surface area contributed by atoms with Gasteiger partial charge in [-0.3, -0.25) is 4.79 Å². The average Bonchev–Trinajstić information content (AvgIpc) is 2.75. The number of aromatic hydroxyl groups is 3. The highest BCUT2D eigenvalue weighted by Gasteiger charge is 2.45. The standard InChI is InChI=1S/C20H20O12/c1-29-10-2-6-9(3-7(10)22)30-11-4-8(23)19(16(26)13(11)14(6)24)32-20-18(28)17(27)15(25)12(5-21)31-20/h2-4,12,15,17-18,20-23,25-28H,5H2,1H3/t12-,15-,17+,18-,20+/m1/s1. The highest BCUT2D eigenvalue weighted by molar-refractivity contribution is 5.96. The van der Waals surface area contributed by atoms with E-state index in [-0.39, 0.29) is 33.4 Å². The molecule has 12 heteroatoms. The second-order valence-electron chi connectivity index (χ2n) is 7.21. The van der Waals surface area contributed by atoms with E-state index >= 15 is 0 Å². The molecule has 4 rings (SSSR count). The predicted octanol–water partition coefficient (Wildman–Crippen LogP) is -0.750. The Labute approximate surface area is 178 Å². The molecule has 1 fully saturated rings. The van der Waals surface area contributed by atoms with Crippen LogP contribution < -0.4 is 14.9 Å². The maximum Gasteiger partial charge on any atom is 0.229 e. The lowest BCUT2D eigenvalue weighted by Gasteiger charge is -2.39. The van der Waals surface area contributed by atoms with Crippen LogP contribution in [0.2, 0.25) is 0 Å². The molecular weight excluding hydrogens is 432 g/mol. The van der Waals surface area contributed by atoms with Crippen LogP contribution in [0.4, 0.5) is 0 Å². The first-order valence-corrected chi connectivity index (χ1v) is 9.37. The Morgan fingerprint density at radius 2 is 1.66 bits per heavy atom. The second kappa shape index (κ2) is 8.00. The van der Waals surface area contributed by atoms with Gasteiger partial charge in [-0.15, -0.1) is 0 Å². The van der Waals surface area contributed by atoms with Crippen LogP contribution >= 0.6 is 0 Å². The van der Waals surface area contributed by atoms with Gasteiger partial charge < -0.3 is 54.4 Å². The molecule has 0 amide bonds. The van der Waals surface area contributed by atoms with Crippen LogP contribution in [0.5, 0.6) is 28.7 Å². The van der Waals surface area contributed by atoms with E-state index in [9.17, 15) is 40.5 Å². The zero-order chi connectivity index (χ0) is 23.3. The highest BCUT2D eigenvalue weighted by atomic mass is 16.7. The first kappa shape index (κ1) is 21.9. The van der Waals surface area contributed by atoms with Gasteiger partial charge in [0.2, 0.25) is 17.5 Å². The number of methoxy groups -OCH3 is 1. The van der Waals surface area contributed by atoms with E-state index in [2.05, 4.69) is 0 Å². The van der Waals surface area contributed by atoms with Gasteiger partial charge in [-0.2, -0.15) is 0 Å². The molecule has 0 saturated carbocycles. The summed E-state index contributed by atoms with van der Waals surface area (Å²) in [6, 6.07) is 3.32. The van der Waals surface area contributed by atoms with Crippen molar-refractivity contribution in [3.05, 3.63) is 28.4 Å². The lowest BCUT2D eigenvalue weighted by molar-refractivity contribution is -0.277. The molecule has 32 heavy (non-hydrogen) atoms. The van der Waals surface area contributed by atoms with Crippen molar-refractivity contribution in [1.29, 1.82) is 0 Å². The molecule has 0 spiro atoms. The Balaban J connectivity index is 1.84. The fourth-order valence-electron chi connectivity index (χ4n) is 3.54. The number of hydrogen-bond donors (Lipinski definition) is 7. The SMILES string of the molecule is COc1cc2c(=O)c3c(O)c(O[C@@H]4O[C@H](CO)[C@@H](O)[C@H](O)[C@H]4O)c(O)cc3oc2cc1O. The summed E-state index contributed by atoms with van der Waals surface area (Å²) in [4.78, 5) is 13.0. The zero-order valence-corrected chi connectivity index (χ0v) is 16.5. The molecular formula is C20H20O12. The summed E-state index contributed by atoms with van der Waals surface area (Å²) in [6.45, 7) is -0.718. The number of hydrogen-bond acceptors (Lipinski definition) is 12. The molecule has 0 bridgehead atoms. The van der Waals surface area contributed by atoms with Crippen LogP contribution in [0.1, 0.15) is 0 Å². The third-order valence-corrected chi connectivity index (χ3v) is 5.25. The fraction of sp³-hybridized carbons (Fsp3) is 0.350. The molecule has 1 aliphatic heterocycles. The van der Waals surface area contributed by atoms with Gasteiger partial charge in [0.25, 0.3) is 0 Å². The minimum atomic E-state index is -1.82. The van der Waals surface area contributed by atoms with E-state index in [4.69, 9.17) is 18.6 Å². The minimum absolute atomic E-state index is 0.0137. The number of ether oxygens (including phenoxy) is 3. The third-order valence-electron chi connectivity index (χ3n) is 5.25. The summed E-state index contributed by atoms with van der Waals surface area (Å²) >= 11 is 0. The molecule has 0 radical (unpaired) electrons. The van der Waals surface area contributed by atoms with E-state index in [1.165, 1.54) is 13.2 Å². The van der Waals surface area contributed by atoms with Gasteiger partial charge in [-0.1, -0.05) is 0 Å². The van der Waals surface area contributed by atoms with Crippen molar-refractivity contribution >= 4 is 21.9 Å². The van der Waals surface area contributed by atoms with Crippen LogP contribution in [0, 0.1) is 0 Å². The summed E-state index contributed by atoms with van der Waals surface area (Å²) in [5, 5.41) is 69.7. The Bertz CT molecular complexity index is 1230. The number of aliphatic hydroxyl groups excluding tert-OH is 4. The smallest absolute Gasteiger partial charge is 0.229 e. The largest absolute Gasteiger partial charge is 0.504 e. The van der Waals surface area contributed by atoms with Crippen LogP contribution in [0.25, 0.3) is 21.9 Å². The topological polar surface area (TPSA) is 200 Å². The number of phenols is 3. The van der Waals surface area contributed by atoms with Gasteiger partial charge in [0, 0.05) is 12.1 Å². The molecule has 172 valence electrons. The van der Waals surface area contributed by atoms with Gasteiger partial charge in [0.05, 0.1) is 19.1 Å². The molecule has 1 aliphatic rings. The van der Waals surface area contributed by atoms with Gasteiger partial charge in [-0.25, -0.2) is 0 Å². The van der Waals surface area contributed by atoms with Crippen molar-refractivity contribution in [3.8, 4) is 28.7 Å². The zero-order valence-electron chi connectivity index (χ0n) is 16.5. The highest BCUT2D eigenvalue weighted by Crippen LogP contribution is 2.43. The Hall–Kier alpha value is -3.29. The molecule has 1 aromatic heterocycles. The summed E-state index contributed by atoms with van der Waals surface area (Å²) in [5.74, 6) is -2.52. The third kappa shape index (κ3) is 3.34. The Kier molecular flexibility index (Phi) is 5.48. The maximum atomic E-state index is 13.0. The fourth-order valence-corrected chi connectivity index (χ4v) is 3.54. The summed E-state index contributed by atoms with van der Waals surface area (Å²) < 4.78 is 21.0. The molecule has 12 nitrogen and oxygen atoms in total. The summed E-state index contributed by atoms with van der Waals surface area (Å²) in [7, 11) is 1.28. The minimum Gasteiger partial charge on any atom is -0.504 e. The van der Waals surface area contributed by atoms with E-state index in [0.717, 1.165) is 12.1 Å². The number of fused-ring (bicyclic) bond motifs is 2. The number of phenolic OH excluding ortho intramolecular Hbond substituents is 3. The number of rotatable bonds is 4. The van der Waals surface area contributed by atoms with Crippen molar-refractivity contribution in [1.82, 2.24) is 0 Å². The van der Waals surface area contributed by atoms with E-state index in [1.54, 1.807) is 0 Å². The second-order valence-corrected chi connectivity index (χ2v) is 7.21. The van der Waals surface area contributed by atoms with Crippen molar-refractivity contribution in [2.75, 3.05) is 13.7 Å². The van der Waals surface area contributed by atoms with Crippen molar-refractivity contribution in [3.63, 3.8) is 0 Å². The normalized spacial score (nSPS) is 25.8. The summed E-state index contributed by atoms with van der Waals surface area (Å²) in [5.41, 5.74) is -1.01. The average molecular weight is 452 g/mol. The van der Waals surface area contributed by atoms with Crippen LogP contribution in [0.15, 0.2) is 27.4 Å². The molecule has 3 aromatic rings. The van der Waals surface area contributed by atoms with Gasteiger partial charge in [0.15, 0.2) is 23.0 Å². The maximum absolute atomic E-state index is 13.0. The van der Waals surface area contributed by atoms with Gasteiger partial charge in [0.1, 0.15) is 41.0 Å². The summed E-state index contributed by atoms with van der Waals surface area (Å²) in [6.07, 6.45) is -8.23. The number of benzene rings is 2. The quantitative estimate of drug-likeness (QED) is 0.245. The number of aliphatic hydroxyl groups is 4. The Morgan fingerprint density at radius 1 is 0.969 bits per heavy atom. The van der Waals surface area contributed by atoms with Crippen LogP contribution in [0.3, 0.4) is 0 Å². The van der Waals surface area contributed by atoms with Crippen LogP contribution in [-0.4, -0.2) is 80.2 Å². The van der Waals surface area contributed by atoms with Crippen molar-refractivity contribution < 1.29 is 54.4 Å². The van der Waals surface area contributed by atoms with Gasteiger partial charge >= 0.3 is 0 Å². The molecule has 2 heterocycles. The molecule has 0 aliphatic carbocycles. The van der Waals surface area contributed by atoms with E-state index < -0.39 is 60.0 Å². The Morgan fingerprint density at radius 3 is 2.31 bits per heavy atom. The monoisotopic (exact) mass is 452 g/mol.